The van der Waals surface area contributed by atoms with Gasteiger partial charge in [-0.05, 0) is 19.3 Å². The summed E-state index contributed by atoms with van der Waals surface area (Å²) in [6.45, 7) is 2.73. The van der Waals surface area contributed by atoms with Gasteiger partial charge in [0.05, 0.1) is 0 Å². The van der Waals surface area contributed by atoms with Gasteiger partial charge in [-0.3, -0.25) is 0 Å². The van der Waals surface area contributed by atoms with Crippen LogP contribution < -0.4 is 0 Å². The van der Waals surface area contributed by atoms with Crippen LogP contribution in [0.3, 0.4) is 0 Å². The highest BCUT2D eigenvalue weighted by atomic mass is 79.9. The van der Waals surface area contributed by atoms with Crippen LogP contribution in [0, 0.1) is 0 Å². The van der Waals surface area contributed by atoms with E-state index < -0.39 is 0 Å². The zero-order valence-corrected chi connectivity index (χ0v) is 9.72. The Morgan fingerprint density at radius 1 is 1.46 bits per heavy atom. The summed E-state index contributed by atoms with van der Waals surface area (Å²) in [5, 5.41) is 0.963. The molecule has 0 atom stereocenters. The number of amides is 2. The second-order valence-corrected chi connectivity index (χ2v) is 4.23. The van der Waals surface area contributed by atoms with E-state index in [1.54, 1.807) is 0 Å². The number of hydrogen-bond donors (Lipinski definition) is 0. The minimum absolute atomic E-state index is 0.193. The standard InChI is InChI=1S/C9H17BrN2O/c1-11(6-4-5-10)9(13)12-7-2-3-8-12/h2-8H2,1H3. The highest BCUT2D eigenvalue weighted by molar-refractivity contribution is 9.09. The summed E-state index contributed by atoms with van der Waals surface area (Å²) in [7, 11) is 1.88. The van der Waals surface area contributed by atoms with Crippen molar-refractivity contribution in [3.63, 3.8) is 0 Å². The Kier molecular flexibility index (Phi) is 4.56. The van der Waals surface area contributed by atoms with Crippen LogP contribution in [0.25, 0.3) is 0 Å². The Morgan fingerprint density at radius 3 is 2.62 bits per heavy atom. The summed E-state index contributed by atoms with van der Waals surface area (Å²) in [6.07, 6.45) is 3.35. The fraction of sp³-hybridized carbons (Fsp3) is 0.889. The van der Waals surface area contributed by atoms with Crippen LogP contribution in [0.1, 0.15) is 19.3 Å². The first-order valence-electron chi connectivity index (χ1n) is 4.81. The van der Waals surface area contributed by atoms with Crippen molar-refractivity contribution in [2.75, 3.05) is 32.0 Å². The maximum absolute atomic E-state index is 11.7. The number of rotatable bonds is 3. The van der Waals surface area contributed by atoms with E-state index in [0.717, 1.165) is 44.2 Å². The molecular formula is C9H17BrN2O. The van der Waals surface area contributed by atoms with Gasteiger partial charge in [0.25, 0.3) is 0 Å². The zero-order chi connectivity index (χ0) is 9.68. The van der Waals surface area contributed by atoms with E-state index in [1.165, 1.54) is 0 Å². The first-order valence-corrected chi connectivity index (χ1v) is 5.94. The first kappa shape index (κ1) is 10.8. The summed E-state index contributed by atoms with van der Waals surface area (Å²) < 4.78 is 0. The number of nitrogens with zero attached hydrogens (tertiary/aromatic N) is 2. The predicted octanol–water partition coefficient (Wildman–Crippen LogP) is 1.92. The lowest BCUT2D eigenvalue weighted by molar-refractivity contribution is 0.173. The highest BCUT2D eigenvalue weighted by Gasteiger charge is 2.20. The number of likely N-dealkylation sites (tertiary alicyclic amines) is 1. The third-order valence-electron chi connectivity index (χ3n) is 2.33. The number of carbonyl (C=O) groups excluding carboxylic acids is 1. The van der Waals surface area contributed by atoms with Gasteiger partial charge in [-0.2, -0.15) is 0 Å². The minimum atomic E-state index is 0.193. The molecule has 1 heterocycles. The summed E-state index contributed by atoms with van der Waals surface area (Å²) in [5.74, 6) is 0. The van der Waals surface area contributed by atoms with Gasteiger partial charge in [0, 0.05) is 32.0 Å². The second kappa shape index (κ2) is 5.47. The van der Waals surface area contributed by atoms with Crippen molar-refractivity contribution >= 4 is 22.0 Å². The minimum Gasteiger partial charge on any atom is -0.328 e. The van der Waals surface area contributed by atoms with Crippen LogP contribution in [0.5, 0.6) is 0 Å². The summed E-state index contributed by atoms with van der Waals surface area (Å²) in [6, 6.07) is 0.193. The van der Waals surface area contributed by atoms with Crippen molar-refractivity contribution in [2.24, 2.45) is 0 Å². The highest BCUT2D eigenvalue weighted by Crippen LogP contribution is 2.09. The summed E-state index contributed by atoms with van der Waals surface area (Å²) in [5.41, 5.74) is 0. The van der Waals surface area contributed by atoms with Crippen molar-refractivity contribution < 1.29 is 4.79 Å². The number of urea groups is 1. The number of hydrogen-bond acceptors (Lipinski definition) is 1. The Bertz CT molecular complexity index is 169. The van der Waals surface area contributed by atoms with Crippen LogP contribution >= 0.6 is 15.9 Å². The van der Waals surface area contributed by atoms with Gasteiger partial charge in [0.15, 0.2) is 0 Å². The lowest BCUT2D eigenvalue weighted by Gasteiger charge is -2.23. The van der Waals surface area contributed by atoms with Crippen LogP contribution in [-0.4, -0.2) is 47.8 Å². The Balaban J connectivity index is 2.28. The van der Waals surface area contributed by atoms with Gasteiger partial charge in [-0.25, -0.2) is 4.79 Å². The van der Waals surface area contributed by atoms with Crippen molar-refractivity contribution in [3.8, 4) is 0 Å². The fourth-order valence-electron chi connectivity index (χ4n) is 1.54. The predicted molar refractivity (Wildman–Crippen MR) is 57.2 cm³/mol. The average molecular weight is 249 g/mol. The normalized spacial score (nSPS) is 16.3. The molecule has 0 aromatic rings. The second-order valence-electron chi connectivity index (χ2n) is 3.44. The largest absolute Gasteiger partial charge is 0.328 e. The van der Waals surface area contributed by atoms with E-state index >= 15 is 0 Å². The van der Waals surface area contributed by atoms with Crippen LogP contribution in [0.2, 0.25) is 0 Å². The molecule has 0 N–H and O–H groups in total. The smallest absolute Gasteiger partial charge is 0.319 e. The molecular weight excluding hydrogens is 232 g/mol. The van der Waals surface area contributed by atoms with Crippen molar-refractivity contribution in [1.29, 1.82) is 0 Å². The van der Waals surface area contributed by atoms with Gasteiger partial charge in [-0.1, -0.05) is 15.9 Å². The Hall–Kier alpha value is -0.250. The zero-order valence-electron chi connectivity index (χ0n) is 8.13. The van der Waals surface area contributed by atoms with E-state index in [-0.39, 0.29) is 6.03 Å². The lowest BCUT2D eigenvalue weighted by atomic mass is 10.4. The van der Waals surface area contributed by atoms with E-state index in [9.17, 15) is 4.79 Å². The molecule has 0 aromatic carbocycles. The maximum atomic E-state index is 11.7. The third kappa shape index (κ3) is 3.18. The Morgan fingerprint density at radius 2 is 2.08 bits per heavy atom. The van der Waals surface area contributed by atoms with Gasteiger partial charge < -0.3 is 9.80 Å². The maximum Gasteiger partial charge on any atom is 0.319 e. The van der Waals surface area contributed by atoms with E-state index in [0.29, 0.717) is 0 Å². The quantitative estimate of drug-likeness (QED) is 0.701. The molecule has 0 aliphatic carbocycles. The fourth-order valence-corrected chi connectivity index (χ4v) is 1.79. The molecule has 4 heteroatoms. The summed E-state index contributed by atoms with van der Waals surface area (Å²) in [4.78, 5) is 15.4. The molecule has 0 bridgehead atoms. The molecule has 0 spiro atoms. The molecule has 13 heavy (non-hydrogen) atoms. The molecule has 76 valence electrons. The van der Waals surface area contributed by atoms with E-state index in [2.05, 4.69) is 15.9 Å². The molecule has 0 saturated carbocycles. The van der Waals surface area contributed by atoms with Gasteiger partial charge in [-0.15, -0.1) is 0 Å². The third-order valence-corrected chi connectivity index (χ3v) is 2.89. The molecule has 1 aliphatic heterocycles. The van der Waals surface area contributed by atoms with E-state index in [4.69, 9.17) is 0 Å². The molecule has 3 nitrogen and oxygen atoms in total. The van der Waals surface area contributed by atoms with Gasteiger partial charge >= 0.3 is 6.03 Å². The molecule has 1 aliphatic rings. The monoisotopic (exact) mass is 248 g/mol. The molecule has 0 radical (unpaired) electrons. The molecule has 0 aromatic heterocycles. The first-order chi connectivity index (χ1) is 6.25. The van der Waals surface area contributed by atoms with Gasteiger partial charge in [0.2, 0.25) is 0 Å². The molecule has 2 amide bonds. The van der Waals surface area contributed by atoms with Crippen molar-refractivity contribution in [1.82, 2.24) is 9.80 Å². The Labute approximate surface area is 88.2 Å². The van der Waals surface area contributed by atoms with Crippen molar-refractivity contribution in [2.45, 2.75) is 19.3 Å². The van der Waals surface area contributed by atoms with Crippen LogP contribution in [0.4, 0.5) is 4.79 Å². The van der Waals surface area contributed by atoms with Gasteiger partial charge in [0.1, 0.15) is 0 Å². The molecule has 1 fully saturated rings. The van der Waals surface area contributed by atoms with Crippen LogP contribution in [0.15, 0.2) is 0 Å². The lowest BCUT2D eigenvalue weighted by Crippen LogP contribution is -2.39. The molecule has 1 rings (SSSR count). The number of alkyl halides is 1. The molecule has 0 unspecified atom stereocenters. The van der Waals surface area contributed by atoms with E-state index in [1.807, 2.05) is 16.8 Å². The average Bonchev–Trinajstić information content (AvgIpc) is 2.65. The SMILES string of the molecule is CN(CCCBr)C(=O)N1CCCC1. The number of carbonyl (C=O) groups is 1. The van der Waals surface area contributed by atoms with Crippen LogP contribution in [-0.2, 0) is 0 Å². The topological polar surface area (TPSA) is 23.6 Å². The number of halogens is 1. The van der Waals surface area contributed by atoms with Crippen molar-refractivity contribution in [3.05, 3.63) is 0 Å². The summed E-state index contributed by atoms with van der Waals surface area (Å²) >= 11 is 3.36. The molecule has 1 saturated heterocycles.